The van der Waals surface area contributed by atoms with Gasteiger partial charge in [0.2, 0.25) is 0 Å². The molecule has 0 aliphatic carbocycles. The molecule has 2 rings (SSSR count). The average Bonchev–Trinajstić information content (AvgIpc) is 2.62. The van der Waals surface area contributed by atoms with Crippen molar-refractivity contribution in [1.29, 1.82) is 0 Å². The van der Waals surface area contributed by atoms with Crippen molar-refractivity contribution in [3.05, 3.63) is 56.0 Å². The van der Waals surface area contributed by atoms with Crippen molar-refractivity contribution in [2.75, 3.05) is 0 Å². The second kappa shape index (κ2) is 4.77. The Bertz CT molecular complexity index is 531. The Morgan fingerprint density at radius 1 is 1.24 bits per heavy atom. The molecular formula is C13H13ClFNS. The van der Waals surface area contributed by atoms with E-state index in [9.17, 15) is 4.39 Å². The predicted octanol–water partition coefficient (Wildman–Crippen LogP) is 4.21. The highest BCUT2D eigenvalue weighted by Crippen LogP contribution is 2.33. The molecule has 4 heteroatoms. The lowest BCUT2D eigenvalue weighted by Gasteiger charge is -2.10. The summed E-state index contributed by atoms with van der Waals surface area (Å²) in [7, 11) is 0. The summed E-state index contributed by atoms with van der Waals surface area (Å²) in [5, 5.41) is 0. The van der Waals surface area contributed by atoms with E-state index in [1.165, 1.54) is 17.4 Å². The van der Waals surface area contributed by atoms with Gasteiger partial charge >= 0.3 is 0 Å². The molecule has 1 atom stereocenters. The van der Waals surface area contributed by atoms with E-state index in [2.05, 4.69) is 0 Å². The zero-order valence-electron chi connectivity index (χ0n) is 9.63. The summed E-state index contributed by atoms with van der Waals surface area (Å²) in [5.41, 5.74) is 8.51. The molecule has 2 aromatic rings. The molecule has 0 saturated heterocycles. The lowest BCUT2D eigenvalue weighted by molar-refractivity contribution is 0.614. The summed E-state index contributed by atoms with van der Waals surface area (Å²) in [6, 6.07) is 6.72. The molecule has 0 radical (unpaired) electrons. The molecule has 1 aromatic heterocycles. The molecule has 90 valence electrons. The fourth-order valence-electron chi connectivity index (χ4n) is 1.60. The number of aryl methyl sites for hydroxylation is 2. The molecule has 0 amide bonds. The standard InChI is InChI=1S/C13H13ClFNS/c1-7-3-4-9(6-10(7)15)12(16)11-5-8(2)13(14)17-11/h3-6,12H,16H2,1-2H3. The predicted molar refractivity (Wildman–Crippen MR) is 71.2 cm³/mol. The molecule has 1 heterocycles. The van der Waals surface area contributed by atoms with Crippen LogP contribution in [-0.4, -0.2) is 0 Å². The first-order chi connectivity index (χ1) is 7.99. The van der Waals surface area contributed by atoms with E-state index in [0.29, 0.717) is 5.56 Å². The van der Waals surface area contributed by atoms with Crippen molar-refractivity contribution in [2.45, 2.75) is 19.9 Å². The zero-order chi connectivity index (χ0) is 12.6. The van der Waals surface area contributed by atoms with E-state index in [1.54, 1.807) is 13.0 Å². The molecule has 1 aromatic carbocycles. The smallest absolute Gasteiger partial charge is 0.126 e. The van der Waals surface area contributed by atoms with E-state index in [4.69, 9.17) is 17.3 Å². The van der Waals surface area contributed by atoms with Gasteiger partial charge in [-0.25, -0.2) is 4.39 Å². The maximum absolute atomic E-state index is 13.5. The Labute approximate surface area is 109 Å². The van der Waals surface area contributed by atoms with E-state index >= 15 is 0 Å². The van der Waals surface area contributed by atoms with Crippen LogP contribution in [0.4, 0.5) is 4.39 Å². The number of halogens is 2. The molecule has 0 aliphatic heterocycles. The van der Waals surface area contributed by atoms with Crippen LogP contribution in [0.5, 0.6) is 0 Å². The van der Waals surface area contributed by atoms with Crippen molar-refractivity contribution in [2.24, 2.45) is 5.73 Å². The van der Waals surface area contributed by atoms with Crippen molar-refractivity contribution in [3.63, 3.8) is 0 Å². The highest BCUT2D eigenvalue weighted by Gasteiger charge is 2.14. The summed E-state index contributed by atoms with van der Waals surface area (Å²) in [4.78, 5) is 0.954. The van der Waals surface area contributed by atoms with Crippen LogP contribution in [0.2, 0.25) is 4.34 Å². The van der Waals surface area contributed by atoms with Crippen LogP contribution in [0.15, 0.2) is 24.3 Å². The highest BCUT2D eigenvalue weighted by atomic mass is 35.5. The number of hydrogen-bond donors (Lipinski definition) is 1. The third-order valence-corrected chi connectivity index (χ3v) is 4.38. The number of nitrogens with two attached hydrogens (primary N) is 1. The normalized spacial score (nSPS) is 12.8. The minimum atomic E-state index is -0.318. The molecule has 17 heavy (non-hydrogen) atoms. The fourth-order valence-corrected chi connectivity index (χ4v) is 2.85. The number of rotatable bonds is 2. The maximum Gasteiger partial charge on any atom is 0.126 e. The fraction of sp³-hybridized carbons (Fsp3) is 0.231. The number of thiophene rings is 1. The van der Waals surface area contributed by atoms with Gasteiger partial charge in [-0.3, -0.25) is 0 Å². The first-order valence-electron chi connectivity index (χ1n) is 5.26. The molecule has 1 nitrogen and oxygen atoms in total. The van der Waals surface area contributed by atoms with Gasteiger partial charge in [-0.15, -0.1) is 11.3 Å². The van der Waals surface area contributed by atoms with Crippen molar-refractivity contribution < 1.29 is 4.39 Å². The zero-order valence-corrected chi connectivity index (χ0v) is 11.2. The average molecular weight is 270 g/mol. The molecule has 1 unspecified atom stereocenters. The lowest BCUT2D eigenvalue weighted by Crippen LogP contribution is -2.10. The van der Waals surface area contributed by atoms with Gasteiger partial charge in [-0.05, 0) is 42.7 Å². The van der Waals surface area contributed by atoms with Gasteiger partial charge in [-0.1, -0.05) is 23.7 Å². The van der Waals surface area contributed by atoms with E-state index < -0.39 is 0 Å². The van der Waals surface area contributed by atoms with Crippen molar-refractivity contribution in [1.82, 2.24) is 0 Å². The second-order valence-electron chi connectivity index (χ2n) is 4.09. The van der Waals surface area contributed by atoms with Crippen LogP contribution in [0.25, 0.3) is 0 Å². The van der Waals surface area contributed by atoms with Gasteiger partial charge in [-0.2, -0.15) is 0 Å². The van der Waals surface area contributed by atoms with Crippen LogP contribution in [-0.2, 0) is 0 Å². The number of hydrogen-bond acceptors (Lipinski definition) is 2. The minimum Gasteiger partial charge on any atom is -0.320 e. The third-order valence-electron chi connectivity index (χ3n) is 2.74. The second-order valence-corrected chi connectivity index (χ2v) is 5.78. The molecular weight excluding hydrogens is 257 g/mol. The van der Waals surface area contributed by atoms with Crippen LogP contribution < -0.4 is 5.73 Å². The summed E-state index contributed by atoms with van der Waals surface area (Å²) in [6.45, 7) is 3.67. The lowest BCUT2D eigenvalue weighted by atomic mass is 10.0. The molecule has 2 N–H and O–H groups in total. The van der Waals surface area contributed by atoms with Gasteiger partial charge in [0.15, 0.2) is 0 Å². The maximum atomic E-state index is 13.5. The van der Waals surface area contributed by atoms with Gasteiger partial charge in [0.1, 0.15) is 5.82 Å². The summed E-state index contributed by atoms with van der Waals surface area (Å²) in [6.07, 6.45) is 0. The van der Waals surface area contributed by atoms with Gasteiger partial charge in [0, 0.05) is 4.88 Å². The van der Waals surface area contributed by atoms with Crippen LogP contribution in [0.1, 0.15) is 27.6 Å². The largest absolute Gasteiger partial charge is 0.320 e. The van der Waals surface area contributed by atoms with Crippen LogP contribution in [0.3, 0.4) is 0 Å². The van der Waals surface area contributed by atoms with E-state index in [-0.39, 0.29) is 11.9 Å². The Hall–Kier alpha value is -0.900. The number of benzene rings is 1. The minimum absolute atomic E-state index is 0.225. The van der Waals surface area contributed by atoms with Crippen molar-refractivity contribution >= 4 is 22.9 Å². The summed E-state index contributed by atoms with van der Waals surface area (Å²) in [5.74, 6) is -0.225. The third kappa shape index (κ3) is 2.51. The monoisotopic (exact) mass is 269 g/mol. The molecule has 0 spiro atoms. The van der Waals surface area contributed by atoms with E-state index in [0.717, 1.165) is 20.3 Å². The Morgan fingerprint density at radius 3 is 2.47 bits per heavy atom. The van der Waals surface area contributed by atoms with Gasteiger partial charge < -0.3 is 5.73 Å². The molecule has 0 aliphatic rings. The molecule has 0 fully saturated rings. The topological polar surface area (TPSA) is 26.0 Å². The summed E-state index contributed by atoms with van der Waals surface area (Å²) >= 11 is 7.45. The molecule has 0 bridgehead atoms. The summed E-state index contributed by atoms with van der Waals surface area (Å²) < 4.78 is 14.2. The Balaban J connectivity index is 2.36. The Kier molecular flexibility index (Phi) is 3.52. The van der Waals surface area contributed by atoms with Crippen LogP contribution in [0, 0.1) is 19.7 Å². The first kappa shape index (κ1) is 12.6. The van der Waals surface area contributed by atoms with E-state index in [1.807, 2.05) is 19.1 Å². The highest BCUT2D eigenvalue weighted by molar-refractivity contribution is 7.16. The van der Waals surface area contributed by atoms with Gasteiger partial charge in [0.05, 0.1) is 10.4 Å². The first-order valence-corrected chi connectivity index (χ1v) is 6.46. The Morgan fingerprint density at radius 2 is 1.94 bits per heavy atom. The SMILES string of the molecule is Cc1ccc(C(N)c2cc(C)c(Cl)s2)cc1F. The van der Waals surface area contributed by atoms with Gasteiger partial charge in [0.25, 0.3) is 0 Å². The quantitative estimate of drug-likeness (QED) is 0.869. The van der Waals surface area contributed by atoms with Crippen LogP contribution >= 0.6 is 22.9 Å². The molecule has 0 saturated carbocycles. The van der Waals surface area contributed by atoms with Crippen molar-refractivity contribution in [3.8, 4) is 0 Å².